The van der Waals surface area contributed by atoms with Crippen molar-refractivity contribution in [3.05, 3.63) is 181 Å². The maximum absolute atomic E-state index is 8.31. The molecule has 0 aliphatic carbocycles. The van der Waals surface area contributed by atoms with Crippen molar-refractivity contribution < 1.29 is 39.4 Å². The molecule has 64 heavy (non-hydrogen) atoms. The number of aliphatic hydroxyl groups is 4. The predicted molar refractivity (Wildman–Crippen MR) is 274 cm³/mol. The standard InChI is InChI=1S/C19H15Cl.C6H13NO.C6H9NO.C5H9BrO.C5H11NO.C5H10O2.C4H8O2.ClH/c20-19(16-10-4-1-5-11-16,17-12-6-2-7-13-17)18-14-8-3-9-15-18;2*1-6(3-4-7)5-8-2;1-5(3-6)4-7-2;1-5(4-7)2-3-6;1-5(3-6)4-7-2;1-4(2-5)3-6;/h1-15H;1,3-5,7H2,2H3;1,3,5H2,2H3;1,3-4H2,2H3;7H,1-4,6H2;6H,1,3-4H2,2H3;5-6H,1-3H2;1H. The third kappa shape index (κ3) is 39.8. The number of nitriles is 1. The number of hydrogen-bond acceptors (Lipinski definition) is 11. The van der Waals surface area contributed by atoms with Crippen LogP contribution >= 0.6 is 39.9 Å². The van der Waals surface area contributed by atoms with Gasteiger partial charge in [0.1, 0.15) is 4.87 Å². The number of ether oxygens (including phenoxy) is 4. The molecular weight excluding hydrogens is 921 g/mol. The van der Waals surface area contributed by atoms with Gasteiger partial charge in [0.25, 0.3) is 0 Å². The average molecular weight is 998 g/mol. The summed E-state index contributed by atoms with van der Waals surface area (Å²) >= 11 is 10.4. The van der Waals surface area contributed by atoms with Gasteiger partial charge in [-0.25, -0.2) is 0 Å². The molecule has 0 spiro atoms. The van der Waals surface area contributed by atoms with E-state index in [-0.39, 0.29) is 38.8 Å². The van der Waals surface area contributed by atoms with Gasteiger partial charge in [0, 0.05) is 33.8 Å². The summed E-state index contributed by atoms with van der Waals surface area (Å²) in [7, 11) is 6.47. The number of nitrogens with zero attached hydrogens (tertiary/aromatic N) is 1. The first kappa shape index (κ1) is 69.3. The minimum Gasteiger partial charge on any atom is -0.392 e. The smallest absolute Gasteiger partial charge is 0.119 e. The van der Waals surface area contributed by atoms with Crippen LogP contribution in [0.3, 0.4) is 0 Å². The molecule has 0 aromatic heterocycles. The van der Waals surface area contributed by atoms with Gasteiger partial charge in [-0.05, 0) is 64.9 Å². The predicted octanol–water partition coefficient (Wildman–Crippen LogP) is 8.46. The van der Waals surface area contributed by atoms with Crippen LogP contribution < -0.4 is 11.5 Å². The van der Waals surface area contributed by atoms with Gasteiger partial charge >= 0.3 is 0 Å². The molecule has 0 bridgehead atoms. The van der Waals surface area contributed by atoms with Gasteiger partial charge in [-0.3, -0.25) is 0 Å². The second-order valence-electron chi connectivity index (χ2n) is 13.2. The topological polar surface area (TPSA) is 194 Å². The van der Waals surface area contributed by atoms with Gasteiger partial charge in [-0.15, -0.1) is 24.0 Å². The largest absolute Gasteiger partial charge is 0.392 e. The molecule has 0 amide bonds. The molecule has 360 valence electrons. The molecule has 0 heterocycles. The first-order valence-electron chi connectivity index (χ1n) is 19.7. The van der Waals surface area contributed by atoms with Crippen molar-refractivity contribution in [2.45, 2.75) is 24.1 Å². The summed E-state index contributed by atoms with van der Waals surface area (Å²) in [6.45, 7) is 24.7. The van der Waals surface area contributed by atoms with Crippen molar-refractivity contribution in [3.63, 3.8) is 0 Å². The van der Waals surface area contributed by atoms with Crippen LogP contribution in [0, 0.1) is 11.3 Å². The normalized spacial score (nSPS) is 9.36. The van der Waals surface area contributed by atoms with Gasteiger partial charge in [-0.1, -0.05) is 158 Å². The summed E-state index contributed by atoms with van der Waals surface area (Å²) in [6.07, 6.45) is 2.00. The van der Waals surface area contributed by atoms with Crippen LogP contribution in [0.2, 0.25) is 0 Å². The summed E-state index contributed by atoms with van der Waals surface area (Å²) in [5.41, 5.74) is 18.6. The second-order valence-corrected chi connectivity index (χ2v) is 14.3. The number of nitrogens with two attached hydrogens (primary N) is 2. The zero-order valence-electron chi connectivity index (χ0n) is 38.5. The minimum absolute atomic E-state index is 0. The Hall–Kier alpha value is -3.75. The molecule has 3 aromatic rings. The van der Waals surface area contributed by atoms with E-state index in [0.717, 1.165) is 57.2 Å². The Morgan fingerprint density at radius 2 is 0.844 bits per heavy atom. The van der Waals surface area contributed by atoms with Crippen LogP contribution in [-0.4, -0.2) is 120 Å². The number of halogens is 3. The van der Waals surface area contributed by atoms with E-state index in [1.165, 1.54) is 0 Å². The number of hydrogen-bond donors (Lipinski definition) is 6. The van der Waals surface area contributed by atoms with Crippen LogP contribution in [0.5, 0.6) is 0 Å². The van der Waals surface area contributed by atoms with Crippen LogP contribution in [-0.2, 0) is 23.8 Å². The molecule has 11 nitrogen and oxygen atoms in total. The molecule has 14 heteroatoms. The first-order valence-corrected chi connectivity index (χ1v) is 21.2. The number of alkyl halides is 2. The maximum Gasteiger partial charge on any atom is 0.119 e. The van der Waals surface area contributed by atoms with Crippen LogP contribution in [0.1, 0.15) is 36.0 Å². The highest BCUT2D eigenvalue weighted by molar-refractivity contribution is 9.09. The quantitative estimate of drug-likeness (QED) is 0.0341. The lowest BCUT2D eigenvalue weighted by Crippen LogP contribution is -2.22. The van der Waals surface area contributed by atoms with Crippen molar-refractivity contribution in [2.75, 3.05) is 99.7 Å². The lowest BCUT2D eigenvalue weighted by Gasteiger charge is -2.29. The molecule has 0 atom stereocenters. The van der Waals surface area contributed by atoms with Gasteiger partial charge in [0.05, 0.1) is 65.3 Å². The fourth-order valence-electron chi connectivity index (χ4n) is 4.18. The molecule has 0 saturated carbocycles. The van der Waals surface area contributed by atoms with Gasteiger partial charge < -0.3 is 50.8 Å². The lowest BCUT2D eigenvalue weighted by molar-refractivity contribution is 0.208. The molecule has 0 unspecified atom stereocenters. The average Bonchev–Trinajstić information content (AvgIpc) is 3.31. The molecule has 0 radical (unpaired) electrons. The molecule has 0 saturated heterocycles. The SMILES string of the molecule is C=C(CBr)COC.C=C(CC#N)COC.C=C(CCN)COC.C=C(CO)CCN.C=C(CO)CO.C=C(CO)COC.Cl.ClC(c1ccccc1)(c1ccccc1)c1ccccc1. The summed E-state index contributed by atoms with van der Waals surface area (Å²) < 4.78 is 18.9. The zero-order chi connectivity index (χ0) is 48.7. The summed E-state index contributed by atoms with van der Waals surface area (Å²) in [4.78, 5) is -0.649. The molecule has 0 aliphatic rings. The number of aliphatic hydroxyl groups excluding tert-OH is 4. The van der Waals surface area contributed by atoms with E-state index in [0.29, 0.717) is 57.1 Å². The van der Waals surface area contributed by atoms with Crippen molar-refractivity contribution in [2.24, 2.45) is 11.5 Å². The second kappa shape index (κ2) is 50.3. The Morgan fingerprint density at radius 1 is 0.547 bits per heavy atom. The molecule has 8 N–H and O–H groups in total. The fourth-order valence-corrected chi connectivity index (χ4v) is 4.72. The highest BCUT2D eigenvalue weighted by Gasteiger charge is 2.33. The highest BCUT2D eigenvalue weighted by atomic mass is 79.9. The summed E-state index contributed by atoms with van der Waals surface area (Å²) in [5, 5.41) is 41.7. The monoisotopic (exact) mass is 995 g/mol. The zero-order valence-corrected chi connectivity index (χ0v) is 41.6. The number of methoxy groups -OCH3 is 4. The Balaban J connectivity index is -0.000000227. The third-order valence-electron chi connectivity index (χ3n) is 7.32. The fraction of sp³-hybridized carbons (Fsp3) is 0.380. The first-order chi connectivity index (χ1) is 30.2. The van der Waals surface area contributed by atoms with Gasteiger partial charge in [0.15, 0.2) is 0 Å². The lowest BCUT2D eigenvalue weighted by atomic mass is 9.84. The molecule has 0 fully saturated rings. The van der Waals surface area contributed by atoms with E-state index in [2.05, 4.69) is 96.5 Å². The molecule has 0 aliphatic heterocycles. The van der Waals surface area contributed by atoms with Crippen molar-refractivity contribution in [1.29, 1.82) is 5.26 Å². The number of rotatable bonds is 21. The van der Waals surface area contributed by atoms with E-state index in [4.69, 9.17) is 63.0 Å². The molecule has 3 aromatic carbocycles. The summed E-state index contributed by atoms with van der Waals surface area (Å²) in [6, 6.07) is 32.6. The Bertz CT molecular complexity index is 1490. The third-order valence-corrected chi connectivity index (χ3v) is 8.76. The number of benzene rings is 3. The van der Waals surface area contributed by atoms with Gasteiger partial charge in [-0.2, -0.15) is 5.26 Å². The van der Waals surface area contributed by atoms with Crippen molar-refractivity contribution >= 4 is 39.9 Å². The van der Waals surface area contributed by atoms with E-state index in [9.17, 15) is 0 Å². The Morgan fingerprint density at radius 3 is 1.06 bits per heavy atom. The van der Waals surface area contributed by atoms with Crippen LogP contribution in [0.15, 0.2) is 164 Å². The van der Waals surface area contributed by atoms with E-state index < -0.39 is 4.87 Å². The Kier molecular flexibility index (Phi) is 54.4. The van der Waals surface area contributed by atoms with E-state index in [1.54, 1.807) is 28.4 Å². The van der Waals surface area contributed by atoms with Crippen LogP contribution in [0.25, 0.3) is 0 Å². The molecule has 3 rings (SSSR count). The van der Waals surface area contributed by atoms with E-state index >= 15 is 0 Å². The maximum atomic E-state index is 8.31. The summed E-state index contributed by atoms with van der Waals surface area (Å²) in [5.74, 6) is 0. The molecular formula is C50H76BrCl2N3O8. The van der Waals surface area contributed by atoms with E-state index in [1.807, 2.05) is 60.7 Å². The van der Waals surface area contributed by atoms with Crippen molar-refractivity contribution in [3.8, 4) is 6.07 Å². The van der Waals surface area contributed by atoms with Gasteiger partial charge in [0.2, 0.25) is 0 Å². The van der Waals surface area contributed by atoms with Crippen molar-refractivity contribution in [1.82, 2.24) is 0 Å². The highest BCUT2D eigenvalue weighted by Crippen LogP contribution is 2.42. The minimum atomic E-state index is -0.649. The van der Waals surface area contributed by atoms with Crippen LogP contribution in [0.4, 0.5) is 0 Å². The Labute approximate surface area is 404 Å².